The number of ether oxygens (including phenoxy) is 1. The molecule has 4 nitrogen and oxygen atoms in total. The number of fused-ring (bicyclic) bond motifs is 1. The summed E-state index contributed by atoms with van der Waals surface area (Å²) < 4.78 is 7.68. The minimum atomic E-state index is -0.0658. The topological polar surface area (TPSA) is 44.1 Å². The summed E-state index contributed by atoms with van der Waals surface area (Å²) in [7, 11) is 1.79. The van der Waals surface area contributed by atoms with E-state index in [9.17, 15) is 4.79 Å². The number of hydrogen-bond acceptors (Lipinski definition) is 3. The van der Waals surface area contributed by atoms with Gasteiger partial charge in [0.1, 0.15) is 6.61 Å². The molecule has 134 valence electrons. The predicted molar refractivity (Wildman–Crippen MR) is 108 cm³/mol. The molecule has 4 aromatic rings. The maximum Gasteiger partial charge on any atom is 0.258 e. The van der Waals surface area contributed by atoms with E-state index >= 15 is 0 Å². The summed E-state index contributed by atoms with van der Waals surface area (Å²) in [5.74, 6) is 0.478. The van der Waals surface area contributed by atoms with Crippen molar-refractivity contribution in [2.45, 2.75) is 13.5 Å². The first-order valence-electron chi connectivity index (χ1n) is 8.87. The summed E-state index contributed by atoms with van der Waals surface area (Å²) in [6, 6.07) is 23.5. The van der Waals surface area contributed by atoms with Gasteiger partial charge in [-0.05, 0) is 42.1 Å². The first-order chi connectivity index (χ1) is 13.1. The molecule has 0 amide bonds. The summed E-state index contributed by atoms with van der Waals surface area (Å²) >= 11 is 0. The van der Waals surface area contributed by atoms with Crippen molar-refractivity contribution in [1.29, 1.82) is 0 Å². The molecular weight excluding hydrogens is 336 g/mol. The van der Waals surface area contributed by atoms with Gasteiger partial charge in [-0.1, -0.05) is 48.5 Å². The lowest BCUT2D eigenvalue weighted by atomic mass is 10.1. The fourth-order valence-corrected chi connectivity index (χ4v) is 3.19. The Kier molecular flexibility index (Phi) is 4.47. The van der Waals surface area contributed by atoms with Crippen LogP contribution < -0.4 is 10.3 Å². The van der Waals surface area contributed by atoms with Gasteiger partial charge >= 0.3 is 0 Å². The molecular formula is C23H20N2O2. The van der Waals surface area contributed by atoms with Gasteiger partial charge in [-0.2, -0.15) is 0 Å². The predicted octanol–water partition coefficient (Wildman–Crippen LogP) is 4.49. The van der Waals surface area contributed by atoms with Crippen LogP contribution in [0.2, 0.25) is 0 Å². The quantitative estimate of drug-likeness (QED) is 0.541. The summed E-state index contributed by atoms with van der Waals surface area (Å²) in [4.78, 5) is 17.5. The highest BCUT2D eigenvalue weighted by Crippen LogP contribution is 2.29. The van der Waals surface area contributed by atoms with Crippen LogP contribution in [0.25, 0.3) is 22.0 Å². The van der Waals surface area contributed by atoms with Crippen LogP contribution in [0.4, 0.5) is 0 Å². The van der Waals surface area contributed by atoms with E-state index in [0.717, 1.165) is 22.2 Å². The maximum absolute atomic E-state index is 13.0. The van der Waals surface area contributed by atoms with Gasteiger partial charge in [0.25, 0.3) is 5.56 Å². The molecule has 0 aliphatic rings. The van der Waals surface area contributed by atoms with Crippen molar-refractivity contribution >= 4 is 10.9 Å². The molecule has 27 heavy (non-hydrogen) atoms. The summed E-state index contributed by atoms with van der Waals surface area (Å²) in [6.45, 7) is 2.32. The second-order valence-corrected chi connectivity index (χ2v) is 6.56. The second-order valence-electron chi connectivity index (χ2n) is 6.56. The molecule has 0 spiro atoms. The van der Waals surface area contributed by atoms with E-state index in [2.05, 4.69) is 4.98 Å². The van der Waals surface area contributed by atoms with Crippen molar-refractivity contribution in [3.63, 3.8) is 0 Å². The average Bonchev–Trinajstić information content (AvgIpc) is 2.70. The number of pyridine rings is 2. The third kappa shape index (κ3) is 3.34. The van der Waals surface area contributed by atoms with E-state index in [1.807, 2.05) is 79.7 Å². The van der Waals surface area contributed by atoms with Crippen LogP contribution >= 0.6 is 0 Å². The van der Waals surface area contributed by atoms with E-state index in [0.29, 0.717) is 23.6 Å². The van der Waals surface area contributed by atoms with Crippen molar-refractivity contribution in [3.05, 3.63) is 94.4 Å². The van der Waals surface area contributed by atoms with Crippen LogP contribution in [0.3, 0.4) is 0 Å². The molecule has 2 heterocycles. The SMILES string of the molecule is Cc1ccc(-c2cc3ccccc3n(C)c2=O)c(OCc2ccccc2)n1. The number of para-hydroxylation sites is 1. The average molecular weight is 356 g/mol. The third-order valence-corrected chi connectivity index (χ3v) is 4.64. The minimum Gasteiger partial charge on any atom is -0.472 e. The Morgan fingerprint density at radius 1 is 0.926 bits per heavy atom. The highest BCUT2D eigenvalue weighted by Gasteiger charge is 2.15. The van der Waals surface area contributed by atoms with Crippen molar-refractivity contribution in [1.82, 2.24) is 9.55 Å². The Labute approximate surface area is 157 Å². The molecule has 0 bridgehead atoms. The van der Waals surface area contributed by atoms with Crippen LogP contribution in [0, 0.1) is 6.92 Å². The Hall–Kier alpha value is -3.40. The zero-order valence-corrected chi connectivity index (χ0v) is 15.3. The molecule has 0 fully saturated rings. The lowest BCUT2D eigenvalue weighted by Gasteiger charge is -2.13. The number of hydrogen-bond donors (Lipinski definition) is 0. The largest absolute Gasteiger partial charge is 0.472 e. The normalized spacial score (nSPS) is 10.9. The molecule has 0 atom stereocenters. The van der Waals surface area contributed by atoms with E-state index < -0.39 is 0 Å². The Bertz CT molecular complexity index is 1160. The minimum absolute atomic E-state index is 0.0658. The molecule has 0 saturated carbocycles. The van der Waals surface area contributed by atoms with Gasteiger partial charge in [-0.15, -0.1) is 0 Å². The standard InChI is InChI=1S/C23H20N2O2/c1-16-12-13-19(22(24-16)27-15-17-8-4-3-5-9-17)20-14-18-10-6-7-11-21(18)25(2)23(20)26/h3-14H,15H2,1-2H3. The number of rotatable bonds is 4. The number of aryl methyl sites for hydroxylation is 2. The lowest BCUT2D eigenvalue weighted by molar-refractivity contribution is 0.295. The van der Waals surface area contributed by atoms with Crippen molar-refractivity contribution in [2.24, 2.45) is 7.05 Å². The fraction of sp³-hybridized carbons (Fsp3) is 0.130. The van der Waals surface area contributed by atoms with E-state index in [1.165, 1.54) is 0 Å². The smallest absolute Gasteiger partial charge is 0.258 e. The monoisotopic (exact) mass is 356 g/mol. The van der Waals surface area contributed by atoms with E-state index in [4.69, 9.17) is 4.74 Å². The molecule has 0 saturated heterocycles. The van der Waals surface area contributed by atoms with E-state index in [-0.39, 0.29) is 5.56 Å². The first kappa shape index (κ1) is 17.0. The first-order valence-corrected chi connectivity index (χ1v) is 8.87. The van der Waals surface area contributed by atoms with Crippen LogP contribution in [0.15, 0.2) is 77.6 Å². The fourth-order valence-electron chi connectivity index (χ4n) is 3.19. The molecule has 4 rings (SSSR count). The number of nitrogens with zero attached hydrogens (tertiary/aromatic N) is 2. The second kappa shape index (κ2) is 7.08. The molecule has 4 heteroatoms. The summed E-state index contributed by atoms with van der Waals surface area (Å²) in [5, 5.41) is 1.00. The van der Waals surface area contributed by atoms with Gasteiger partial charge < -0.3 is 9.30 Å². The third-order valence-electron chi connectivity index (χ3n) is 4.64. The summed E-state index contributed by atoms with van der Waals surface area (Å²) in [6.07, 6.45) is 0. The van der Waals surface area contributed by atoms with Crippen molar-refractivity contribution < 1.29 is 4.74 Å². The van der Waals surface area contributed by atoms with Crippen LogP contribution in [-0.2, 0) is 13.7 Å². The number of benzene rings is 2. The zero-order valence-electron chi connectivity index (χ0n) is 15.3. The molecule has 0 unspecified atom stereocenters. The van der Waals surface area contributed by atoms with Gasteiger partial charge in [0.2, 0.25) is 5.88 Å². The molecule has 2 aromatic heterocycles. The molecule has 2 aromatic carbocycles. The van der Waals surface area contributed by atoms with Gasteiger partial charge in [0.05, 0.1) is 11.1 Å². The Balaban J connectivity index is 1.81. The van der Waals surface area contributed by atoms with Crippen LogP contribution in [0.1, 0.15) is 11.3 Å². The lowest BCUT2D eigenvalue weighted by Crippen LogP contribution is -2.19. The molecule has 0 N–H and O–H groups in total. The van der Waals surface area contributed by atoms with Gasteiger partial charge in [0.15, 0.2) is 0 Å². The van der Waals surface area contributed by atoms with Crippen molar-refractivity contribution in [3.8, 4) is 17.0 Å². The highest BCUT2D eigenvalue weighted by molar-refractivity contribution is 5.85. The van der Waals surface area contributed by atoms with Crippen LogP contribution in [-0.4, -0.2) is 9.55 Å². The Morgan fingerprint density at radius 2 is 1.67 bits per heavy atom. The number of aromatic nitrogens is 2. The van der Waals surface area contributed by atoms with Gasteiger partial charge in [0, 0.05) is 18.3 Å². The summed E-state index contributed by atoms with van der Waals surface area (Å²) in [5.41, 5.74) is 4.04. The highest BCUT2D eigenvalue weighted by atomic mass is 16.5. The Morgan fingerprint density at radius 3 is 2.48 bits per heavy atom. The van der Waals surface area contributed by atoms with Crippen LogP contribution in [0.5, 0.6) is 5.88 Å². The van der Waals surface area contributed by atoms with Crippen molar-refractivity contribution in [2.75, 3.05) is 0 Å². The molecule has 0 radical (unpaired) electrons. The van der Waals surface area contributed by atoms with E-state index in [1.54, 1.807) is 11.6 Å². The maximum atomic E-state index is 13.0. The zero-order chi connectivity index (χ0) is 18.8. The van der Waals surface area contributed by atoms with Gasteiger partial charge in [-0.3, -0.25) is 4.79 Å². The molecule has 0 aliphatic heterocycles. The molecule has 0 aliphatic carbocycles. The van der Waals surface area contributed by atoms with Gasteiger partial charge in [-0.25, -0.2) is 4.98 Å².